The molecule has 0 fully saturated rings. The minimum Gasteiger partial charge on any atom is -0.452 e. The number of hydrogen-bond donors (Lipinski definition) is 2. The second-order valence-corrected chi connectivity index (χ2v) is 6.99. The van der Waals surface area contributed by atoms with E-state index in [-0.39, 0.29) is 18.1 Å². The second-order valence-electron chi connectivity index (χ2n) is 6.99. The number of amides is 1. The summed E-state index contributed by atoms with van der Waals surface area (Å²) < 4.78 is 6.37. The van der Waals surface area contributed by atoms with Crippen LogP contribution in [0.2, 0.25) is 0 Å². The van der Waals surface area contributed by atoms with Crippen LogP contribution in [0.15, 0.2) is 33.9 Å². The average Bonchev–Trinajstić information content (AvgIpc) is 2.71. The van der Waals surface area contributed by atoms with Gasteiger partial charge in [0.25, 0.3) is 11.5 Å². The monoisotopic (exact) mass is 416 g/mol. The number of unbranched alkanes of at least 4 members (excludes halogenated alkanes) is 1. The average molecular weight is 416 g/mol. The standard InChI is InChI=1S/C21H28N4O5/c1-4-6-12-24(17-18(22)25(11-5-2)21(29)23-19(17)27)16(26)13-30-20(28)15-9-7-14(3)8-10-15/h7-10H,4-6,11-13,22H2,1-3H3,(H,23,27,29). The molecule has 3 N–H and O–H groups in total. The molecule has 1 aromatic carbocycles. The molecule has 0 atom stereocenters. The molecule has 9 nitrogen and oxygen atoms in total. The Balaban J connectivity index is 2.29. The number of nitrogens with two attached hydrogens (primary N) is 1. The number of H-pyrrole nitrogens is 1. The number of esters is 1. The number of nitrogen functional groups attached to an aromatic ring is 1. The van der Waals surface area contributed by atoms with Gasteiger partial charge in [-0.25, -0.2) is 9.59 Å². The van der Waals surface area contributed by atoms with Gasteiger partial charge in [-0.2, -0.15) is 0 Å². The fraction of sp³-hybridized carbons (Fsp3) is 0.429. The summed E-state index contributed by atoms with van der Waals surface area (Å²) in [6.07, 6.45) is 1.98. The molecule has 0 bridgehead atoms. The van der Waals surface area contributed by atoms with Crippen LogP contribution in [0.25, 0.3) is 0 Å². The first kappa shape index (κ1) is 22.9. The maximum absolute atomic E-state index is 12.9. The third-order valence-corrected chi connectivity index (χ3v) is 4.58. The van der Waals surface area contributed by atoms with E-state index in [0.29, 0.717) is 24.9 Å². The predicted octanol–water partition coefficient (Wildman–Crippen LogP) is 1.83. The quantitative estimate of drug-likeness (QED) is 0.600. The maximum Gasteiger partial charge on any atom is 0.338 e. The van der Waals surface area contributed by atoms with E-state index < -0.39 is 29.7 Å². The highest BCUT2D eigenvalue weighted by atomic mass is 16.5. The number of aromatic amines is 1. The number of aromatic nitrogens is 2. The van der Waals surface area contributed by atoms with E-state index in [2.05, 4.69) is 4.98 Å². The van der Waals surface area contributed by atoms with Crippen molar-refractivity contribution in [3.05, 3.63) is 56.2 Å². The van der Waals surface area contributed by atoms with E-state index >= 15 is 0 Å². The molecule has 0 radical (unpaired) electrons. The molecule has 1 amide bonds. The van der Waals surface area contributed by atoms with Crippen LogP contribution >= 0.6 is 0 Å². The van der Waals surface area contributed by atoms with Crippen molar-refractivity contribution in [2.75, 3.05) is 23.8 Å². The van der Waals surface area contributed by atoms with Crippen molar-refractivity contribution < 1.29 is 14.3 Å². The maximum atomic E-state index is 12.9. The fourth-order valence-electron chi connectivity index (χ4n) is 2.94. The molecule has 2 aromatic rings. The van der Waals surface area contributed by atoms with E-state index in [1.54, 1.807) is 24.3 Å². The number of nitrogens with one attached hydrogen (secondary N) is 1. The molecule has 162 valence electrons. The topological polar surface area (TPSA) is 127 Å². The lowest BCUT2D eigenvalue weighted by Gasteiger charge is -2.24. The van der Waals surface area contributed by atoms with Gasteiger partial charge in [-0.15, -0.1) is 0 Å². The molecule has 2 rings (SSSR count). The van der Waals surface area contributed by atoms with Crippen molar-refractivity contribution in [1.29, 1.82) is 0 Å². The first-order chi connectivity index (χ1) is 14.3. The van der Waals surface area contributed by atoms with E-state index in [9.17, 15) is 19.2 Å². The molecule has 0 aliphatic heterocycles. The Bertz CT molecular complexity index is 1010. The third-order valence-electron chi connectivity index (χ3n) is 4.58. The number of ether oxygens (including phenoxy) is 1. The fourth-order valence-corrected chi connectivity index (χ4v) is 2.94. The molecule has 9 heteroatoms. The molecule has 0 aliphatic rings. The van der Waals surface area contributed by atoms with E-state index in [4.69, 9.17) is 10.5 Å². The summed E-state index contributed by atoms with van der Waals surface area (Å²) in [5, 5.41) is 0. The predicted molar refractivity (Wildman–Crippen MR) is 115 cm³/mol. The smallest absolute Gasteiger partial charge is 0.338 e. The molecule has 1 heterocycles. The number of hydrogen-bond acceptors (Lipinski definition) is 6. The van der Waals surface area contributed by atoms with Crippen LogP contribution in [0, 0.1) is 6.92 Å². The van der Waals surface area contributed by atoms with Gasteiger partial charge in [0.05, 0.1) is 5.56 Å². The van der Waals surface area contributed by atoms with Crippen molar-refractivity contribution in [2.45, 2.75) is 46.6 Å². The van der Waals surface area contributed by atoms with E-state index in [0.717, 1.165) is 12.0 Å². The summed E-state index contributed by atoms with van der Waals surface area (Å²) in [5.41, 5.74) is 5.91. The highest BCUT2D eigenvalue weighted by molar-refractivity contribution is 5.98. The van der Waals surface area contributed by atoms with Gasteiger partial charge in [0.15, 0.2) is 12.3 Å². The van der Waals surface area contributed by atoms with Crippen LogP contribution < -0.4 is 21.9 Å². The van der Waals surface area contributed by atoms with Gasteiger partial charge in [0.2, 0.25) is 0 Å². The third kappa shape index (κ3) is 5.37. The Hall–Kier alpha value is -3.36. The number of anilines is 2. The number of benzene rings is 1. The first-order valence-corrected chi connectivity index (χ1v) is 9.96. The summed E-state index contributed by atoms with van der Waals surface area (Å²) >= 11 is 0. The van der Waals surface area contributed by atoms with Gasteiger partial charge in [0, 0.05) is 13.1 Å². The zero-order chi connectivity index (χ0) is 22.3. The lowest BCUT2D eigenvalue weighted by molar-refractivity contribution is -0.121. The molecule has 0 unspecified atom stereocenters. The number of carbonyl (C=O) groups is 2. The Kier molecular flexibility index (Phi) is 7.97. The normalized spacial score (nSPS) is 10.6. The van der Waals surface area contributed by atoms with Gasteiger partial charge >= 0.3 is 11.7 Å². The highest BCUT2D eigenvalue weighted by Crippen LogP contribution is 2.18. The Morgan fingerprint density at radius 1 is 1.13 bits per heavy atom. The van der Waals surface area contributed by atoms with Crippen LogP contribution in [-0.4, -0.2) is 34.6 Å². The van der Waals surface area contributed by atoms with Crippen molar-refractivity contribution in [3.63, 3.8) is 0 Å². The van der Waals surface area contributed by atoms with Crippen molar-refractivity contribution in [1.82, 2.24) is 9.55 Å². The zero-order valence-corrected chi connectivity index (χ0v) is 17.6. The first-order valence-electron chi connectivity index (χ1n) is 9.96. The highest BCUT2D eigenvalue weighted by Gasteiger charge is 2.25. The van der Waals surface area contributed by atoms with Crippen molar-refractivity contribution in [2.24, 2.45) is 0 Å². The van der Waals surface area contributed by atoms with Crippen LogP contribution in [-0.2, 0) is 16.1 Å². The Labute approximate surface area is 174 Å². The summed E-state index contributed by atoms with van der Waals surface area (Å²) in [4.78, 5) is 53.0. The second kappa shape index (κ2) is 10.4. The lowest BCUT2D eigenvalue weighted by Crippen LogP contribution is -2.43. The largest absolute Gasteiger partial charge is 0.452 e. The minimum absolute atomic E-state index is 0.0834. The molecule has 0 aliphatic carbocycles. The molecule has 0 saturated carbocycles. The zero-order valence-electron chi connectivity index (χ0n) is 17.6. The number of aryl methyl sites for hydroxylation is 1. The molecular weight excluding hydrogens is 388 g/mol. The molecule has 0 saturated heterocycles. The van der Waals surface area contributed by atoms with E-state index in [1.807, 2.05) is 20.8 Å². The van der Waals surface area contributed by atoms with Crippen LogP contribution in [0.1, 0.15) is 49.0 Å². The van der Waals surface area contributed by atoms with Gasteiger partial charge in [-0.3, -0.25) is 19.1 Å². The van der Waals surface area contributed by atoms with Gasteiger partial charge in [0.1, 0.15) is 5.82 Å². The molecule has 0 spiro atoms. The summed E-state index contributed by atoms with van der Waals surface area (Å²) in [6.45, 7) is 5.64. The number of nitrogens with zero attached hydrogens (tertiary/aromatic N) is 2. The van der Waals surface area contributed by atoms with Crippen molar-refractivity contribution >= 4 is 23.4 Å². The summed E-state index contributed by atoms with van der Waals surface area (Å²) in [6, 6.07) is 6.76. The number of carbonyl (C=O) groups excluding carboxylic acids is 2. The van der Waals surface area contributed by atoms with Crippen molar-refractivity contribution in [3.8, 4) is 0 Å². The van der Waals surface area contributed by atoms with Gasteiger partial charge in [-0.1, -0.05) is 38.0 Å². The summed E-state index contributed by atoms with van der Waals surface area (Å²) in [7, 11) is 0. The van der Waals surface area contributed by atoms with Gasteiger partial charge in [-0.05, 0) is 31.9 Å². The van der Waals surface area contributed by atoms with Gasteiger partial charge < -0.3 is 15.4 Å². The van der Waals surface area contributed by atoms with E-state index in [1.165, 1.54) is 9.47 Å². The Morgan fingerprint density at radius 2 is 1.80 bits per heavy atom. The SMILES string of the molecule is CCCCN(C(=O)COC(=O)c1ccc(C)cc1)c1c(N)n(CCC)c(=O)[nH]c1=O. The summed E-state index contributed by atoms with van der Waals surface area (Å²) in [5.74, 6) is -1.32. The van der Waals surface area contributed by atoms with Crippen LogP contribution in [0.3, 0.4) is 0 Å². The number of rotatable bonds is 9. The van der Waals surface area contributed by atoms with Crippen LogP contribution in [0.5, 0.6) is 0 Å². The van der Waals surface area contributed by atoms with Crippen LogP contribution in [0.4, 0.5) is 11.5 Å². The Morgan fingerprint density at radius 3 is 2.40 bits per heavy atom. The lowest BCUT2D eigenvalue weighted by atomic mass is 10.1. The molecule has 30 heavy (non-hydrogen) atoms. The molecular formula is C21H28N4O5. The molecule has 1 aromatic heterocycles. The minimum atomic E-state index is -0.751.